The van der Waals surface area contributed by atoms with Gasteiger partial charge in [-0.2, -0.15) is 0 Å². The molecule has 7 nitrogen and oxygen atoms in total. The van der Waals surface area contributed by atoms with Gasteiger partial charge in [0.2, 0.25) is 0 Å². The van der Waals surface area contributed by atoms with Gasteiger partial charge in [-0.05, 0) is 0 Å². The zero-order chi connectivity index (χ0) is 19.8. The molecule has 1 aliphatic rings. The van der Waals surface area contributed by atoms with E-state index in [0.29, 0.717) is 28.6 Å². The molecule has 8 heteroatoms. The fourth-order valence-electron chi connectivity index (χ4n) is 3.49. The number of nitro benzene ring substituents is 1. The maximum absolute atomic E-state index is 12.6. The molecule has 1 saturated carbocycles. The number of nitro groups is 1. The molecule has 1 aliphatic carbocycles. The van der Waals surface area contributed by atoms with Gasteiger partial charge in [0.05, 0.1) is 0 Å². The van der Waals surface area contributed by atoms with Crippen molar-refractivity contribution in [2.45, 2.75) is 56.7 Å². The van der Waals surface area contributed by atoms with Gasteiger partial charge in [-0.1, -0.05) is 0 Å². The van der Waals surface area contributed by atoms with Crippen LogP contribution in [0, 0.1) is 10.1 Å². The standard InChI is InChI=1S/C19H26AsN2O5/c1-3-21(15-7-5-4-6-8-15)18(23)11-12-20-16-10-9-14(19(24)27-2)13-17(16)22(25)26/h9-10,13,15H,3-8,11-12H2,1-2H3. The molecular weight excluding hydrogens is 411 g/mol. The first-order valence-electron chi connectivity index (χ1n) is 9.31. The maximum atomic E-state index is 12.6. The summed E-state index contributed by atoms with van der Waals surface area (Å²) >= 11 is -0.526. The molecule has 27 heavy (non-hydrogen) atoms. The summed E-state index contributed by atoms with van der Waals surface area (Å²) in [5.74, 6) is -0.448. The molecule has 2 rings (SSSR count). The summed E-state index contributed by atoms with van der Waals surface area (Å²) in [5, 5.41) is 12.0. The number of carbonyl (C=O) groups excluding carboxylic acids is 2. The summed E-state index contributed by atoms with van der Waals surface area (Å²) < 4.78 is 5.24. The van der Waals surface area contributed by atoms with Crippen LogP contribution in [-0.4, -0.2) is 57.1 Å². The van der Waals surface area contributed by atoms with E-state index in [-0.39, 0.29) is 17.2 Å². The summed E-state index contributed by atoms with van der Waals surface area (Å²) in [6, 6.07) is 4.78. The number of rotatable bonds is 8. The molecular formula is C19H26AsN2O5. The van der Waals surface area contributed by atoms with Gasteiger partial charge in [0.15, 0.2) is 0 Å². The molecule has 0 aromatic heterocycles. The van der Waals surface area contributed by atoms with Crippen LogP contribution >= 0.6 is 0 Å². The van der Waals surface area contributed by atoms with Gasteiger partial charge < -0.3 is 0 Å². The van der Waals surface area contributed by atoms with Crippen molar-refractivity contribution in [3.8, 4) is 0 Å². The summed E-state index contributed by atoms with van der Waals surface area (Å²) in [6.45, 7) is 2.73. The number of hydrogen-bond donors (Lipinski definition) is 0. The second-order valence-corrected chi connectivity index (χ2v) is 9.17. The van der Waals surface area contributed by atoms with E-state index in [1.54, 1.807) is 12.1 Å². The molecule has 1 radical (unpaired) electrons. The minimum absolute atomic E-state index is 0.0648. The average molecular weight is 437 g/mol. The molecule has 147 valence electrons. The third-order valence-corrected chi connectivity index (χ3v) is 7.32. The third-order valence-electron chi connectivity index (χ3n) is 4.88. The fourth-order valence-corrected chi connectivity index (χ4v) is 5.66. The first-order valence-corrected chi connectivity index (χ1v) is 11.6. The predicted molar refractivity (Wildman–Crippen MR) is 104 cm³/mol. The zero-order valence-electron chi connectivity index (χ0n) is 15.8. The van der Waals surface area contributed by atoms with Crippen LogP contribution in [-0.2, 0) is 9.53 Å². The molecule has 1 aromatic carbocycles. The Morgan fingerprint density at radius 3 is 2.59 bits per heavy atom. The molecule has 1 amide bonds. The second-order valence-electron chi connectivity index (χ2n) is 6.56. The van der Waals surface area contributed by atoms with Crippen molar-refractivity contribution in [2.75, 3.05) is 13.7 Å². The minimum atomic E-state index is -0.595. The van der Waals surface area contributed by atoms with Crippen LogP contribution < -0.4 is 4.35 Å². The molecule has 0 atom stereocenters. The van der Waals surface area contributed by atoms with Crippen molar-refractivity contribution in [3.63, 3.8) is 0 Å². The van der Waals surface area contributed by atoms with Gasteiger partial charge in [-0.25, -0.2) is 0 Å². The van der Waals surface area contributed by atoms with Gasteiger partial charge >= 0.3 is 166 Å². The Kier molecular flexibility index (Phi) is 8.29. The van der Waals surface area contributed by atoms with Crippen LogP contribution in [0.3, 0.4) is 0 Å². The number of amides is 1. The summed E-state index contributed by atoms with van der Waals surface area (Å²) in [7, 11) is 1.24. The number of ether oxygens (including phenoxy) is 1. The Balaban J connectivity index is 1.98. The van der Waals surface area contributed by atoms with E-state index in [1.807, 2.05) is 11.8 Å². The Morgan fingerprint density at radius 2 is 2.00 bits per heavy atom. The molecule has 0 spiro atoms. The van der Waals surface area contributed by atoms with Crippen molar-refractivity contribution in [3.05, 3.63) is 33.9 Å². The van der Waals surface area contributed by atoms with E-state index in [0.717, 1.165) is 12.8 Å². The van der Waals surface area contributed by atoms with Crippen LogP contribution in [0.5, 0.6) is 0 Å². The fraction of sp³-hybridized carbons (Fsp3) is 0.579. The van der Waals surface area contributed by atoms with Gasteiger partial charge in [-0.15, -0.1) is 0 Å². The summed E-state index contributed by atoms with van der Waals surface area (Å²) in [5.41, 5.74) is 0.102. The van der Waals surface area contributed by atoms with Crippen molar-refractivity contribution in [1.82, 2.24) is 4.90 Å². The van der Waals surface area contributed by atoms with Crippen LogP contribution in [0.4, 0.5) is 5.69 Å². The first-order chi connectivity index (χ1) is 13.0. The van der Waals surface area contributed by atoms with E-state index >= 15 is 0 Å². The average Bonchev–Trinajstić information content (AvgIpc) is 2.68. The molecule has 0 N–H and O–H groups in total. The molecule has 1 aromatic rings. The van der Waals surface area contributed by atoms with Crippen molar-refractivity contribution in [1.29, 1.82) is 0 Å². The Labute approximate surface area is 166 Å². The SMILES string of the molecule is CCN(C(=O)CC[As]c1ccc(C(=O)OC)cc1[N+](=O)[O-])C1CCCCC1. The quantitative estimate of drug-likeness (QED) is 0.270. The van der Waals surface area contributed by atoms with E-state index in [9.17, 15) is 19.7 Å². The van der Waals surface area contributed by atoms with E-state index in [4.69, 9.17) is 0 Å². The second kappa shape index (κ2) is 10.5. The van der Waals surface area contributed by atoms with Crippen LogP contribution in [0.15, 0.2) is 18.2 Å². The van der Waals surface area contributed by atoms with E-state index < -0.39 is 26.6 Å². The van der Waals surface area contributed by atoms with Crippen molar-refractivity contribution < 1.29 is 19.2 Å². The number of nitrogens with zero attached hydrogens (tertiary/aromatic N) is 2. The Morgan fingerprint density at radius 1 is 1.30 bits per heavy atom. The Bertz CT molecular complexity index is 689. The Hall–Kier alpha value is -1.88. The van der Waals surface area contributed by atoms with Crippen LogP contribution in [0.1, 0.15) is 55.8 Å². The first kappa shape index (κ1) is 21.4. The summed E-state index contributed by atoms with van der Waals surface area (Å²) in [4.78, 5) is 37.0. The van der Waals surface area contributed by atoms with Crippen LogP contribution in [0.25, 0.3) is 0 Å². The molecule has 1 fully saturated rings. The number of carbonyl (C=O) groups is 2. The van der Waals surface area contributed by atoms with E-state index in [1.165, 1.54) is 32.4 Å². The molecule has 0 saturated heterocycles. The molecule has 0 aliphatic heterocycles. The number of esters is 1. The summed E-state index contributed by atoms with van der Waals surface area (Å²) in [6.07, 6.45) is 6.18. The molecule has 0 bridgehead atoms. The van der Waals surface area contributed by atoms with Gasteiger partial charge in [0.1, 0.15) is 0 Å². The van der Waals surface area contributed by atoms with E-state index in [2.05, 4.69) is 4.74 Å². The monoisotopic (exact) mass is 437 g/mol. The van der Waals surface area contributed by atoms with Gasteiger partial charge in [0.25, 0.3) is 0 Å². The molecule has 0 heterocycles. The topological polar surface area (TPSA) is 89.8 Å². The number of benzene rings is 1. The number of hydrogen-bond acceptors (Lipinski definition) is 5. The normalized spacial score (nSPS) is 15.0. The molecule has 0 unspecified atom stereocenters. The predicted octanol–water partition coefficient (Wildman–Crippen LogP) is 2.70. The van der Waals surface area contributed by atoms with Crippen molar-refractivity contribution in [2.24, 2.45) is 0 Å². The van der Waals surface area contributed by atoms with Gasteiger partial charge in [-0.3, -0.25) is 0 Å². The third kappa shape index (κ3) is 5.80. The van der Waals surface area contributed by atoms with Crippen LogP contribution in [0.2, 0.25) is 5.21 Å². The number of methoxy groups -OCH3 is 1. The zero-order valence-corrected chi connectivity index (χ0v) is 17.7. The van der Waals surface area contributed by atoms with Crippen molar-refractivity contribution >= 4 is 37.7 Å². The van der Waals surface area contributed by atoms with Gasteiger partial charge in [0, 0.05) is 0 Å².